The Morgan fingerprint density at radius 3 is 3.00 bits per heavy atom. The van der Waals surface area contributed by atoms with Crippen LogP contribution < -0.4 is 0 Å². The van der Waals surface area contributed by atoms with Crippen LogP contribution in [0.5, 0.6) is 0 Å². The molecule has 92 valence electrons. The minimum atomic E-state index is 0.184. The molecule has 0 radical (unpaired) electrons. The minimum Gasteiger partial charge on any atom is -0.396 e. The van der Waals surface area contributed by atoms with E-state index in [0.29, 0.717) is 6.42 Å². The fourth-order valence-electron chi connectivity index (χ4n) is 1.73. The van der Waals surface area contributed by atoms with Crippen LogP contribution in [0.2, 0.25) is 0 Å². The molecule has 0 saturated carbocycles. The van der Waals surface area contributed by atoms with Gasteiger partial charge in [0.1, 0.15) is 0 Å². The van der Waals surface area contributed by atoms with E-state index in [1.54, 1.807) is 11.3 Å². The van der Waals surface area contributed by atoms with Crippen molar-refractivity contribution in [1.82, 2.24) is 14.8 Å². The minimum absolute atomic E-state index is 0.184. The van der Waals surface area contributed by atoms with Gasteiger partial charge in [-0.2, -0.15) is 5.10 Å². The second kappa shape index (κ2) is 5.93. The number of nitrogens with zero attached hydrogens (tertiary/aromatic N) is 3. The number of aromatic nitrogens is 3. The maximum atomic E-state index is 8.81. The monoisotopic (exact) mass is 251 g/mol. The first kappa shape index (κ1) is 12.3. The van der Waals surface area contributed by atoms with Crippen LogP contribution in [0.1, 0.15) is 22.7 Å². The summed E-state index contributed by atoms with van der Waals surface area (Å²) in [6.45, 7) is 3.12. The van der Waals surface area contributed by atoms with Crippen molar-refractivity contribution in [2.75, 3.05) is 6.61 Å². The molecule has 0 amide bonds. The van der Waals surface area contributed by atoms with Crippen molar-refractivity contribution >= 4 is 11.3 Å². The lowest BCUT2D eigenvalue weighted by atomic mass is 10.2. The van der Waals surface area contributed by atoms with Gasteiger partial charge in [0.05, 0.1) is 16.9 Å². The van der Waals surface area contributed by atoms with E-state index in [-0.39, 0.29) is 6.61 Å². The Kier molecular flexibility index (Phi) is 4.28. The smallest absolute Gasteiger partial charge is 0.0897 e. The molecule has 0 bridgehead atoms. The van der Waals surface area contributed by atoms with Crippen molar-refractivity contribution in [3.63, 3.8) is 0 Å². The molecule has 2 aromatic heterocycles. The van der Waals surface area contributed by atoms with Gasteiger partial charge in [-0.25, -0.2) is 4.98 Å². The van der Waals surface area contributed by atoms with Crippen molar-refractivity contribution in [3.8, 4) is 0 Å². The summed E-state index contributed by atoms with van der Waals surface area (Å²) in [5, 5.41) is 16.3. The molecular weight excluding hydrogens is 234 g/mol. The van der Waals surface area contributed by atoms with Gasteiger partial charge in [-0.15, -0.1) is 11.3 Å². The topological polar surface area (TPSA) is 50.9 Å². The van der Waals surface area contributed by atoms with Crippen LogP contribution in [0.3, 0.4) is 0 Å². The zero-order chi connectivity index (χ0) is 12.1. The van der Waals surface area contributed by atoms with E-state index in [2.05, 4.69) is 15.5 Å². The maximum absolute atomic E-state index is 8.81. The third-order valence-electron chi connectivity index (χ3n) is 2.57. The average Bonchev–Trinajstić information content (AvgIpc) is 2.89. The third kappa shape index (κ3) is 3.64. The Bertz CT molecular complexity index is 464. The van der Waals surface area contributed by atoms with E-state index in [0.717, 1.165) is 30.0 Å². The average molecular weight is 251 g/mol. The maximum Gasteiger partial charge on any atom is 0.0897 e. The summed E-state index contributed by atoms with van der Waals surface area (Å²) in [6, 6.07) is 0. The fraction of sp³-hybridized carbons (Fsp3) is 0.500. The van der Waals surface area contributed by atoms with Gasteiger partial charge in [0.25, 0.3) is 0 Å². The highest BCUT2D eigenvalue weighted by molar-refractivity contribution is 7.09. The highest BCUT2D eigenvalue weighted by Crippen LogP contribution is 2.10. The van der Waals surface area contributed by atoms with E-state index in [9.17, 15) is 0 Å². The van der Waals surface area contributed by atoms with E-state index in [1.165, 1.54) is 5.69 Å². The molecule has 0 fully saturated rings. The molecule has 17 heavy (non-hydrogen) atoms. The summed E-state index contributed by atoms with van der Waals surface area (Å²) in [6.07, 6.45) is 6.56. The molecule has 2 aromatic rings. The van der Waals surface area contributed by atoms with E-state index < -0.39 is 0 Å². The number of aryl methyl sites for hydroxylation is 3. The van der Waals surface area contributed by atoms with Crippen molar-refractivity contribution in [3.05, 3.63) is 34.0 Å². The first-order valence-corrected chi connectivity index (χ1v) is 6.69. The quantitative estimate of drug-likeness (QED) is 0.852. The summed E-state index contributed by atoms with van der Waals surface area (Å²) < 4.78 is 1.93. The van der Waals surface area contributed by atoms with Crippen LogP contribution in [0.15, 0.2) is 17.8 Å². The molecule has 0 aliphatic heterocycles. The largest absolute Gasteiger partial charge is 0.396 e. The molecule has 2 rings (SSSR count). The standard InChI is InChI=1S/C12H17N3OS/c1-10-14-12(9-17-10)3-2-5-15-8-11(4-6-16)7-13-15/h7-9,16H,2-6H2,1H3. The lowest BCUT2D eigenvalue weighted by Gasteiger charge is -1.99. The molecular formula is C12H17N3OS. The van der Waals surface area contributed by atoms with Gasteiger partial charge < -0.3 is 5.11 Å². The summed E-state index contributed by atoms with van der Waals surface area (Å²) in [4.78, 5) is 4.43. The molecule has 0 aliphatic carbocycles. The van der Waals surface area contributed by atoms with E-state index in [4.69, 9.17) is 5.11 Å². The van der Waals surface area contributed by atoms with Gasteiger partial charge in [-0.05, 0) is 31.7 Å². The summed E-state index contributed by atoms with van der Waals surface area (Å²) in [7, 11) is 0. The second-order valence-corrected chi connectivity index (χ2v) is 5.11. The zero-order valence-electron chi connectivity index (χ0n) is 9.96. The Labute approximate surface area is 105 Å². The molecule has 0 unspecified atom stereocenters. The summed E-state index contributed by atoms with van der Waals surface area (Å²) in [5.74, 6) is 0. The van der Waals surface area contributed by atoms with Gasteiger partial charge >= 0.3 is 0 Å². The molecule has 5 heteroatoms. The van der Waals surface area contributed by atoms with E-state index in [1.807, 2.05) is 24.0 Å². The van der Waals surface area contributed by atoms with Crippen LogP contribution in [0, 0.1) is 6.92 Å². The first-order chi connectivity index (χ1) is 8.28. The Balaban J connectivity index is 1.77. The summed E-state index contributed by atoms with van der Waals surface area (Å²) >= 11 is 1.70. The number of hydrogen-bond donors (Lipinski definition) is 1. The first-order valence-electron chi connectivity index (χ1n) is 5.81. The molecule has 0 aliphatic rings. The number of thiazole rings is 1. The van der Waals surface area contributed by atoms with E-state index >= 15 is 0 Å². The Morgan fingerprint density at radius 2 is 2.29 bits per heavy atom. The van der Waals surface area contributed by atoms with Crippen molar-refractivity contribution in [1.29, 1.82) is 0 Å². The number of aliphatic hydroxyl groups excluding tert-OH is 1. The molecule has 4 nitrogen and oxygen atoms in total. The van der Waals surface area contributed by atoms with Crippen LogP contribution >= 0.6 is 11.3 Å². The van der Waals surface area contributed by atoms with Crippen LogP contribution in [0.4, 0.5) is 0 Å². The van der Waals surface area contributed by atoms with Crippen LogP contribution in [0.25, 0.3) is 0 Å². The van der Waals surface area contributed by atoms with Gasteiger partial charge in [-0.1, -0.05) is 0 Å². The third-order valence-corrected chi connectivity index (χ3v) is 3.40. The number of aliphatic hydroxyl groups is 1. The Morgan fingerprint density at radius 1 is 1.41 bits per heavy atom. The van der Waals surface area contributed by atoms with Gasteiger partial charge in [0.15, 0.2) is 0 Å². The van der Waals surface area contributed by atoms with Crippen LogP contribution in [-0.4, -0.2) is 26.5 Å². The molecule has 2 heterocycles. The molecule has 0 saturated heterocycles. The summed E-state index contributed by atoms with van der Waals surface area (Å²) in [5.41, 5.74) is 2.27. The van der Waals surface area contributed by atoms with Gasteiger partial charge in [0, 0.05) is 24.7 Å². The molecule has 0 aromatic carbocycles. The number of rotatable bonds is 6. The number of hydrogen-bond acceptors (Lipinski definition) is 4. The van der Waals surface area contributed by atoms with Gasteiger partial charge in [-0.3, -0.25) is 4.68 Å². The lowest BCUT2D eigenvalue weighted by molar-refractivity contribution is 0.299. The molecule has 0 spiro atoms. The fourth-order valence-corrected chi connectivity index (χ4v) is 2.38. The highest BCUT2D eigenvalue weighted by atomic mass is 32.1. The SMILES string of the molecule is Cc1nc(CCCn2cc(CCO)cn2)cs1. The van der Waals surface area contributed by atoms with Crippen molar-refractivity contribution in [2.45, 2.75) is 32.7 Å². The Hall–Kier alpha value is -1.20. The van der Waals surface area contributed by atoms with Gasteiger partial charge in [0.2, 0.25) is 0 Å². The van der Waals surface area contributed by atoms with Crippen molar-refractivity contribution in [2.24, 2.45) is 0 Å². The van der Waals surface area contributed by atoms with Crippen molar-refractivity contribution < 1.29 is 5.11 Å². The lowest BCUT2D eigenvalue weighted by Crippen LogP contribution is -2.00. The molecule has 1 N–H and O–H groups in total. The van der Waals surface area contributed by atoms with Crippen LogP contribution in [-0.2, 0) is 19.4 Å². The zero-order valence-corrected chi connectivity index (χ0v) is 10.8. The second-order valence-electron chi connectivity index (χ2n) is 4.05. The predicted molar refractivity (Wildman–Crippen MR) is 68.2 cm³/mol. The molecule has 0 atom stereocenters. The normalized spacial score (nSPS) is 10.9. The highest BCUT2D eigenvalue weighted by Gasteiger charge is 2.00. The predicted octanol–water partition coefficient (Wildman–Crippen LogP) is 1.82.